The van der Waals surface area contributed by atoms with E-state index in [1.54, 1.807) is 26.6 Å². The maximum Gasteiger partial charge on any atom is 0.239 e. The van der Waals surface area contributed by atoms with Crippen molar-refractivity contribution in [3.8, 4) is 11.5 Å². The number of hydrogen-bond donors (Lipinski definition) is 1. The third kappa shape index (κ3) is 6.29. The Morgan fingerprint density at radius 2 is 1.74 bits per heavy atom. The Bertz CT molecular complexity index is 765. The van der Waals surface area contributed by atoms with Crippen LogP contribution in [0.5, 0.6) is 11.5 Å². The minimum Gasteiger partial charge on any atom is -0.493 e. The Hall–Kier alpha value is -3.09. The van der Waals surface area contributed by atoms with Gasteiger partial charge in [-0.1, -0.05) is 6.07 Å². The molecule has 0 atom stereocenters. The summed E-state index contributed by atoms with van der Waals surface area (Å²) in [5.41, 5.74) is 1.95. The van der Waals surface area contributed by atoms with Crippen LogP contribution >= 0.6 is 0 Å². The van der Waals surface area contributed by atoms with E-state index in [9.17, 15) is 9.59 Å². The lowest BCUT2D eigenvalue weighted by molar-refractivity contribution is -0.134. The molecule has 1 heterocycles. The van der Waals surface area contributed by atoms with Gasteiger partial charge < -0.3 is 19.7 Å². The smallest absolute Gasteiger partial charge is 0.239 e. The first-order valence-electron chi connectivity index (χ1n) is 8.65. The number of hydrogen-bond acceptors (Lipinski definition) is 5. The van der Waals surface area contributed by atoms with Crippen LogP contribution in [0, 0.1) is 0 Å². The highest BCUT2D eigenvalue weighted by molar-refractivity contribution is 5.83. The lowest BCUT2D eigenvalue weighted by Crippen LogP contribution is -2.40. The van der Waals surface area contributed by atoms with Gasteiger partial charge in [-0.05, 0) is 41.8 Å². The molecule has 1 aromatic carbocycles. The number of nitrogens with one attached hydrogen (secondary N) is 1. The fourth-order valence-corrected chi connectivity index (χ4v) is 2.58. The van der Waals surface area contributed by atoms with Gasteiger partial charge in [-0.15, -0.1) is 0 Å². The van der Waals surface area contributed by atoms with Crippen molar-refractivity contribution in [2.24, 2.45) is 0 Å². The van der Waals surface area contributed by atoms with Crippen LogP contribution in [0.4, 0.5) is 0 Å². The summed E-state index contributed by atoms with van der Waals surface area (Å²) >= 11 is 0. The summed E-state index contributed by atoms with van der Waals surface area (Å²) in [6, 6.07) is 9.29. The highest BCUT2D eigenvalue weighted by atomic mass is 16.5. The molecule has 0 saturated heterocycles. The van der Waals surface area contributed by atoms with Gasteiger partial charge >= 0.3 is 0 Å². The average Bonchev–Trinajstić information content (AvgIpc) is 2.69. The van der Waals surface area contributed by atoms with Gasteiger partial charge in [0, 0.05) is 32.4 Å². The monoisotopic (exact) mass is 371 g/mol. The number of amides is 2. The van der Waals surface area contributed by atoms with E-state index in [0.717, 1.165) is 11.1 Å². The third-order valence-electron chi connectivity index (χ3n) is 4.14. The second-order valence-corrected chi connectivity index (χ2v) is 6.01. The minimum atomic E-state index is -0.200. The zero-order valence-electron chi connectivity index (χ0n) is 15.9. The Morgan fingerprint density at radius 3 is 2.37 bits per heavy atom. The van der Waals surface area contributed by atoms with Gasteiger partial charge in [-0.2, -0.15) is 0 Å². The number of ether oxygens (including phenoxy) is 2. The SMILES string of the molecule is COc1ccc(CCN(CC(=O)NCc2ccncc2)C(C)=O)cc1OC. The molecule has 2 amide bonds. The summed E-state index contributed by atoms with van der Waals surface area (Å²) in [4.78, 5) is 29.5. The highest BCUT2D eigenvalue weighted by Crippen LogP contribution is 2.27. The Labute approximate surface area is 159 Å². The highest BCUT2D eigenvalue weighted by Gasteiger charge is 2.14. The van der Waals surface area contributed by atoms with Gasteiger partial charge in [0.05, 0.1) is 20.8 Å². The predicted octanol–water partition coefficient (Wildman–Crippen LogP) is 1.81. The molecule has 2 rings (SSSR count). The van der Waals surface area contributed by atoms with E-state index in [4.69, 9.17) is 9.47 Å². The summed E-state index contributed by atoms with van der Waals surface area (Å²) in [6.07, 6.45) is 3.95. The molecular formula is C20H25N3O4. The molecule has 1 N–H and O–H groups in total. The van der Waals surface area contributed by atoms with Gasteiger partial charge in [0.15, 0.2) is 11.5 Å². The molecule has 0 aliphatic carbocycles. The second-order valence-electron chi connectivity index (χ2n) is 6.01. The molecule has 7 nitrogen and oxygen atoms in total. The van der Waals surface area contributed by atoms with E-state index in [-0.39, 0.29) is 18.4 Å². The largest absolute Gasteiger partial charge is 0.493 e. The van der Waals surface area contributed by atoms with Gasteiger partial charge in [0.1, 0.15) is 0 Å². The number of pyridine rings is 1. The van der Waals surface area contributed by atoms with Gasteiger partial charge in [-0.3, -0.25) is 14.6 Å². The third-order valence-corrected chi connectivity index (χ3v) is 4.14. The van der Waals surface area contributed by atoms with Gasteiger partial charge in [0.25, 0.3) is 0 Å². The molecule has 0 saturated carbocycles. The van der Waals surface area contributed by atoms with Gasteiger partial charge in [-0.25, -0.2) is 0 Å². The van der Waals surface area contributed by atoms with Crippen LogP contribution in [0.2, 0.25) is 0 Å². The molecule has 0 aliphatic heterocycles. The normalized spacial score (nSPS) is 10.2. The van der Waals surface area contributed by atoms with Crippen molar-refractivity contribution in [1.29, 1.82) is 0 Å². The van der Waals surface area contributed by atoms with Crippen molar-refractivity contribution in [2.75, 3.05) is 27.3 Å². The maximum absolute atomic E-state index is 12.2. The first kappa shape index (κ1) is 20.2. The van der Waals surface area contributed by atoms with Crippen molar-refractivity contribution in [3.05, 3.63) is 53.9 Å². The van der Waals surface area contributed by atoms with Gasteiger partial charge in [0.2, 0.25) is 11.8 Å². The lowest BCUT2D eigenvalue weighted by Gasteiger charge is -2.21. The first-order chi connectivity index (χ1) is 13.0. The molecule has 0 aliphatic rings. The Kier molecular flexibility index (Phi) is 7.61. The van der Waals surface area contributed by atoms with Crippen LogP contribution < -0.4 is 14.8 Å². The van der Waals surface area contributed by atoms with E-state index in [1.165, 1.54) is 11.8 Å². The zero-order valence-corrected chi connectivity index (χ0v) is 15.9. The van der Waals surface area contributed by atoms with Crippen LogP contribution in [0.15, 0.2) is 42.7 Å². The fraction of sp³-hybridized carbons (Fsp3) is 0.350. The molecule has 7 heteroatoms. The fourth-order valence-electron chi connectivity index (χ4n) is 2.58. The van der Waals surface area contributed by atoms with E-state index in [2.05, 4.69) is 10.3 Å². The lowest BCUT2D eigenvalue weighted by atomic mass is 10.1. The second kappa shape index (κ2) is 10.2. The van der Waals surface area contributed by atoms with Crippen molar-refractivity contribution in [1.82, 2.24) is 15.2 Å². The van der Waals surface area contributed by atoms with Crippen molar-refractivity contribution >= 4 is 11.8 Å². The van der Waals surface area contributed by atoms with Crippen molar-refractivity contribution in [3.63, 3.8) is 0 Å². The molecule has 27 heavy (non-hydrogen) atoms. The minimum absolute atomic E-state index is 0.0215. The number of carbonyl (C=O) groups excluding carboxylic acids is 2. The number of rotatable bonds is 9. The molecule has 0 spiro atoms. The molecule has 0 fully saturated rings. The Balaban J connectivity index is 1.89. The summed E-state index contributed by atoms with van der Waals surface area (Å²) in [5, 5.41) is 2.82. The number of nitrogens with zero attached hydrogens (tertiary/aromatic N) is 2. The standard InChI is InChI=1S/C20H25N3O4/c1-15(24)23(14-20(25)22-13-17-6-9-21-10-7-17)11-8-16-4-5-18(26-2)19(12-16)27-3/h4-7,9-10,12H,8,11,13-14H2,1-3H3,(H,22,25). The van der Waals surface area contributed by atoms with Crippen molar-refractivity contribution < 1.29 is 19.1 Å². The number of aromatic nitrogens is 1. The van der Waals surface area contributed by atoms with E-state index in [1.807, 2.05) is 30.3 Å². The summed E-state index contributed by atoms with van der Waals surface area (Å²) in [5.74, 6) is 0.948. The van der Waals surface area contributed by atoms with E-state index >= 15 is 0 Å². The molecule has 2 aromatic rings. The molecule has 144 valence electrons. The summed E-state index contributed by atoms with van der Waals surface area (Å²) in [6.45, 7) is 2.33. The quantitative estimate of drug-likeness (QED) is 0.727. The molecule has 0 unspecified atom stereocenters. The van der Waals surface area contributed by atoms with Crippen LogP contribution in [0.1, 0.15) is 18.1 Å². The Morgan fingerprint density at radius 1 is 1.04 bits per heavy atom. The molecule has 0 radical (unpaired) electrons. The number of carbonyl (C=O) groups is 2. The average molecular weight is 371 g/mol. The topological polar surface area (TPSA) is 80.8 Å². The number of benzene rings is 1. The van der Waals surface area contributed by atoms with Crippen LogP contribution in [0.25, 0.3) is 0 Å². The summed E-state index contributed by atoms with van der Waals surface area (Å²) in [7, 11) is 3.16. The predicted molar refractivity (Wildman–Crippen MR) is 102 cm³/mol. The maximum atomic E-state index is 12.2. The van der Waals surface area contributed by atoms with Crippen LogP contribution in [-0.2, 0) is 22.6 Å². The van der Waals surface area contributed by atoms with Crippen LogP contribution in [0.3, 0.4) is 0 Å². The molecule has 0 bridgehead atoms. The molecular weight excluding hydrogens is 346 g/mol. The summed E-state index contributed by atoms with van der Waals surface area (Å²) < 4.78 is 10.5. The van der Waals surface area contributed by atoms with E-state index < -0.39 is 0 Å². The zero-order chi connectivity index (χ0) is 19.6. The van der Waals surface area contributed by atoms with Crippen molar-refractivity contribution in [2.45, 2.75) is 19.9 Å². The van der Waals surface area contributed by atoms with E-state index in [0.29, 0.717) is 31.0 Å². The van der Waals surface area contributed by atoms with Crippen LogP contribution in [-0.4, -0.2) is 49.0 Å². The first-order valence-corrected chi connectivity index (χ1v) is 8.65. The molecule has 1 aromatic heterocycles. The number of methoxy groups -OCH3 is 2.